The molecule has 0 aliphatic carbocycles. The van der Waals surface area contributed by atoms with Crippen molar-refractivity contribution in [1.29, 1.82) is 0 Å². The van der Waals surface area contributed by atoms with Crippen LogP contribution in [0.5, 0.6) is 11.5 Å². The van der Waals surface area contributed by atoms with Gasteiger partial charge in [0.05, 0.1) is 18.2 Å². The van der Waals surface area contributed by atoms with Crippen LogP contribution in [0.15, 0.2) is 21.0 Å². The molecule has 25 heavy (non-hydrogen) atoms. The van der Waals surface area contributed by atoms with Gasteiger partial charge < -0.3 is 14.4 Å². The molecule has 7 nitrogen and oxygen atoms in total. The summed E-state index contributed by atoms with van der Waals surface area (Å²) in [7, 11) is -2.14. The van der Waals surface area contributed by atoms with Crippen molar-refractivity contribution in [2.45, 2.75) is 38.8 Å². The van der Waals surface area contributed by atoms with Crippen LogP contribution in [0.25, 0.3) is 0 Å². The summed E-state index contributed by atoms with van der Waals surface area (Å²) in [5.41, 5.74) is 0.782. The van der Waals surface area contributed by atoms with Gasteiger partial charge in [0.25, 0.3) is 0 Å². The van der Waals surface area contributed by atoms with Crippen molar-refractivity contribution in [3.63, 3.8) is 0 Å². The molecule has 0 bridgehead atoms. The van der Waals surface area contributed by atoms with E-state index in [2.05, 4.69) is 25.0 Å². The second-order valence-electron chi connectivity index (χ2n) is 5.97. The maximum absolute atomic E-state index is 12.2. The largest absolute Gasteiger partial charge is 0.493 e. The summed E-state index contributed by atoms with van der Waals surface area (Å²) in [6.45, 7) is 3.17. The van der Waals surface area contributed by atoms with E-state index in [1.165, 1.54) is 0 Å². The molecule has 138 valence electrons. The van der Waals surface area contributed by atoms with E-state index in [-0.39, 0.29) is 0 Å². The Kier molecular flexibility index (Phi) is 5.55. The van der Waals surface area contributed by atoms with E-state index in [9.17, 15) is 8.42 Å². The Hall–Kier alpha value is -1.32. The summed E-state index contributed by atoms with van der Waals surface area (Å²) < 4.78 is 42.8. The monoisotopic (exact) mass is 431 g/mol. The third kappa shape index (κ3) is 3.93. The third-order valence-corrected chi connectivity index (χ3v) is 5.85. The molecule has 0 unspecified atom stereocenters. The smallest absolute Gasteiger partial charge is 0.323 e. The number of ether oxygens (including phenoxy) is 2. The number of benzene rings is 1. The maximum Gasteiger partial charge on any atom is 0.323 e. The van der Waals surface area contributed by atoms with E-state index in [1.807, 2.05) is 24.0 Å². The lowest BCUT2D eigenvalue weighted by Gasteiger charge is -2.36. The molecule has 0 saturated carbocycles. The lowest BCUT2D eigenvalue weighted by atomic mass is 10.1. The molecule has 3 rings (SSSR count). The molecule has 0 aromatic heterocycles. The average molecular weight is 432 g/mol. The van der Waals surface area contributed by atoms with Crippen LogP contribution >= 0.6 is 15.9 Å². The van der Waals surface area contributed by atoms with E-state index >= 15 is 0 Å². The number of fused-ring (bicyclic) bond motifs is 1. The Balaban J connectivity index is 2.05. The molecule has 1 aromatic rings. The van der Waals surface area contributed by atoms with Crippen LogP contribution in [0, 0.1) is 0 Å². The van der Waals surface area contributed by atoms with E-state index < -0.39 is 16.4 Å². The lowest BCUT2D eigenvalue weighted by molar-refractivity contribution is 0.286. The molecule has 2 aliphatic heterocycles. The zero-order chi connectivity index (χ0) is 18.0. The van der Waals surface area contributed by atoms with Gasteiger partial charge in [0.15, 0.2) is 11.5 Å². The highest BCUT2D eigenvalue weighted by Crippen LogP contribution is 2.40. The lowest BCUT2D eigenvalue weighted by Crippen LogP contribution is -2.48. The minimum Gasteiger partial charge on any atom is -0.493 e. The van der Waals surface area contributed by atoms with E-state index in [0.717, 1.165) is 35.8 Å². The number of nitrogens with zero attached hydrogens (tertiary/aromatic N) is 2. The Morgan fingerprint density at radius 3 is 2.88 bits per heavy atom. The summed E-state index contributed by atoms with van der Waals surface area (Å²) in [5, 5.41) is 0. The summed E-state index contributed by atoms with van der Waals surface area (Å²) in [4.78, 5) is 2.04. The Morgan fingerprint density at radius 1 is 1.36 bits per heavy atom. The van der Waals surface area contributed by atoms with Crippen molar-refractivity contribution in [3.05, 3.63) is 22.2 Å². The molecule has 1 saturated heterocycles. The second kappa shape index (κ2) is 7.51. The van der Waals surface area contributed by atoms with Crippen LogP contribution in [-0.4, -0.2) is 39.4 Å². The first-order chi connectivity index (χ1) is 11.9. The van der Waals surface area contributed by atoms with Gasteiger partial charge in [-0.25, -0.2) is 0 Å². The van der Waals surface area contributed by atoms with Gasteiger partial charge in [-0.2, -0.15) is 13.1 Å². The van der Waals surface area contributed by atoms with Crippen LogP contribution in [0.4, 0.5) is 0 Å². The van der Waals surface area contributed by atoms with Crippen LogP contribution in [0.1, 0.15) is 44.3 Å². The molecule has 2 aliphatic rings. The van der Waals surface area contributed by atoms with Crippen LogP contribution in [0.2, 0.25) is 0 Å². The average Bonchev–Trinajstić information content (AvgIpc) is 2.80. The van der Waals surface area contributed by atoms with Gasteiger partial charge in [0.2, 0.25) is 0 Å². The Labute approximate surface area is 156 Å². The topological polar surface area (TPSA) is 80.2 Å². The number of hydrogen-bond donors (Lipinski definition) is 1. The Morgan fingerprint density at radius 2 is 2.16 bits per heavy atom. The zero-order valence-corrected chi connectivity index (χ0v) is 16.7. The van der Waals surface area contributed by atoms with E-state index in [1.54, 1.807) is 7.11 Å². The highest BCUT2D eigenvalue weighted by atomic mass is 79.9. The summed E-state index contributed by atoms with van der Waals surface area (Å²) in [6.07, 6.45) is 3.20. The molecule has 1 aromatic carbocycles. The molecule has 9 heteroatoms. The summed E-state index contributed by atoms with van der Waals surface area (Å²) in [5.74, 6) is 1.80. The van der Waals surface area contributed by atoms with E-state index in [0.29, 0.717) is 30.4 Å². The van der Waals surface area contributed by atoms with Gasteiger partial charge in [-0.3, -0.25) is 0 Å². The highest BCUT2D eigenvalue weighted by Gasteiger charge is 2.34. The first-order valence-corrected chi connectivity index (χ1v) is 10.6. The third-order valence-electron chi connectivity index (χ3n) is 4.28. The first-order valence-electron chi connectivity index (χ1n) is 8.33. The first kappa shape index (κ1) is 18.5. The predicted molar refractivity (Wildman–Crippen MR) is 99.3 cm³/mol. The predicted octanol–water partition coefficient (Wildman–Crippen LogP) is 2.98. The number of hydrogen-bond acceptors (Lipinski definition) is 5. The molecule has 0 radical (unpaired) electrons. The van der Waals surface area contributed by atoms with Gasteiger partial charge in [-0.05, 0) is 53.4 Å². The van der Waals surface area contributed by atoms with Crippen molar-refractivity contribution in [3.8, 4) is 11.5 Å². The fraction of sp³-hybridized carbons (Fsp3) is 0.562. The summed E-state index contributed by atoms with van der Waals surface area (Å²) >= 11 is 3.51. The highest BCUT2D eigenvalue weighted by molar-refractivity contribution is 9.10. The molecule has 2 heterocycles. The maximum atomic E-state index is 12.2. The van der Waals surface area contributed by atoms with Gasteiger partial charge in [0.1, 0.15) is 12.0 Å². The van der Waals surface area contributed by atoms with Crippen molar-refractivity contribution < 1.29 is 17.9 Å². The van der Waals surface area contributed by atoms with Crippen molar-refractivity contribution in [2.24, 2.45) is 4.40 Å². The SMILES string of the molecule is CCOc1c(Br)cc([C@@H]2NS(=O)(=O)N=C3CCCCCN32)cc1OC. The number of rotatable bonds is 4. The van der Waals surface area contributed by atoms with Gasteiger partial charge in [0, 0.05) is 13.0 Å². The Bertz CT molecular complexity index is 782. The normalized spacial score (nSPS) is 22.6. The zero-order valence-electron chi connectivity index (χ0n) is 14.3. The molecule has 0 spiro atoms. The van der Waals surface area contributed by atoms with E-state index in [4.69, 9.17) is 9.47 Å². The number of nitrogens with one attached hydrogen (secondary N) is 1. The number of methoxy groups -OCH3 is 1. The minimum atomic E-state index is -3.71. The van der Waals surface area contributed by atoms with Crippen LogP contribution in [0.3, 0.4) is 0 Å². The van der Waals surface area contributed by atoms with Gasteiger partial charge in [-0.15, -0.1) is 4.40 Å². The molecule has 0 amide bonds. The molecular weight excluding hydrogens is 410 g/mol. The van der Waals surface area contributed by atoms with Crippen molar-refractivity contribution in [1.82, 2.24) is 9.62 Å². The van der Waals surface area contributed by atoms with Crippen LogP contribution in [-0.2, 0) is 10.2 Å². The second-order valence-corrected chi connectivity index (χ2v) is 8.20. The van der Waals surface area contributed by atoms with Gasteiger partial charge >= 0.3 is 10.2 Å². The molecule has 1 N–H and O–H groups in total. The number of amidine groups is 1. The fourth-order valence-electron chi connectivity index (χ4n) is 3.19. The molecule has 1 fully saturated rings. The quantitative estimate of drug-likeness (QED) is 0.792. The standard InChI is InChI=1S/C16H22BrN3O4S/c1-3-24-15-12(17)9-11(10-13(15)23-2)16-19-25(21,22)18-14-7-5-4-6-8-20(14)16/h9-10,16,19H,3-8H2,1-2H3/t16-/m1/s1. The van der Waals surface area contributed by atoms with Gasteiger partial charge in [-0.1, -0.05) is 6.42 Å². The van der Waals surface area contributed by atoms with Crippen LogP contribution < -0.4 is 14.2 Å². The molecule has 1 atom stereocenters. The minimum absolute atomic E-state index is 0.503. The summed E-state index contributed by atoms with van der Waals surface area (Å²) in [6, 6.07) is 3.69. The van der Waals surface area contributed by atoms with Crippen molar-refractivity contribution >= 4 is 32.0 Å². The molecular formula is C16H22BrN3O4S. The number of halogens is 1. The van der Waals surface area contributed by atoms with Crippen molar-refractivity contribution in [2.75, 3.05) is 20.3 Å². The fourth-order valence-corrected chi connectivity index (χ4v) is 4.84.